The second kappa shape index (κ2) is 7.40. The molecule has 5 heteroatoms. The van der Waals surface area contributed by atoms with Crippen molar-refractivity contribution >= 4 is 5.91 Å². The lowest BCUT2D eigenvalue weighted by Gasteiger charge is -2.42. The van der Waals surface area contributed by atoms with Crippen LogP contribution in [0.4, 0.5) is 8.78 Å². The molecule has 1 saturated carbocycles. The number of nitrogens with zero attached hydrogens (tertiary/aromatic N) is 2. The van der Waals surface area contributed by atoms with Gasteiger partial charge in [-0.05, 0) is 64.3 Å². The van der Waals surface area contributed by atoms with E-state index in [1.165, 1.54) is 6.07 Å². The molecule has 2 fully saturated rings. The van der Waals surface area contributed by atoms with E-state index >= 15 is 4.39 Å². The summed E-state index contributed by atoms with van der Waals surface area (Å²) < 4.78 is 29.5. The quantitative estimate of drug-likeness (QED) is 0.778. The Kier molecular flexibility index (Phi) is 5.42. The fourth-order valence-electron chi connectivity index (χ4n) is 4.06. The molecule has 1 aliphatic carbocycles. The first-order valence-electron chi connectivity index (χ1n) is 9.45. The van der Waals surface area contributed by atoms with Crippen molar-refractivity contribution < 1.29 is 13.6 Å². The molecule has 2 aliphatic rings. The molecule has 1 aromatic carbocycles. The Labute approximate surface area is 149 Å². The SMILES string of the molecule is CCN(CC)C(=O)[C@H]1C[C@](F)(c2ccc(CN3CCCC3)c(F)c2)C1. The van der Waals surface area contributed by atoms with Crippen molar-refractivity contribution in [2.45, 2.75) is 51.7 Å². The summed E-state index contributed by atoms with van der Waals surface area (Å²) in [6.45, 7) is 7.74. The van der Waals surface area contributed by atoms with Crippen LogP contribution in [0.5, 0.6) is 0 Å². The minimum absolute atomic E-state index is 0.0180. The smallest absolute Gasteiger partial charge is 0.225 e. The molecule has 0 N–H and O–H groups in total. The molecule has 0 atom stereocenters. The zero-order chi connectivity index (χ0) is 18.0. The van der Waals surface area contributed by atoms with Crippen LogP contribution in [0.1, 0.15) is 50.7 Å². The number of rotatable bonds is 6. The number of halogens is 2. The lowest BCUT2D eigenvalue weighted by Crippen LogP contribution is -2.47. The molecular formula is C20H28F2N2O. The standard InChI is InChI=1S/C20H28F2N2O/c1-3-24(4-2)19(25)16-12-20(22,13-16)17-8-7-15(18(21)11-17)14-23-9-5-6-10-23/h7-8,11,16H,3-6,9-10,12-14H2,1-2H3/t16-,20+. The molecule has 1 aliphatic heterocycles. The maximum atomic E-state index is 15.1. The van der Waals surface area contributed by atoms with E-state index in [4.69, 9.17) is 0 Å². The van der Waals surface area contributed by atoms with Crippen LogP contribution in [-0.4, -0.2) is 41.9 Å². The predicted molar refractivity (Wildman–Crippen MR) is 94.3 cm³/mol. The van der Waals surface area contributed by atoms with Crippen molar-refractivity contribution in [1.29, 1.82) is 0 Å². The van der Waals surface area contributed by atoms with Crippen LogP contribution >= 0.6 is 0 Å². The number of carbonyl (C=O) groups excluding carboxylic acids is 1. The zero-order valence-electron chi connectivity index (χ0n) is 15.2. The van der Waals surface area contributed by atoms with Crippen LogP contribution in [0.15, 0.2) is 18.2 Å². The molecule has 0 aromatic heterocycles. The highest BCUT2D eigenvalue weighted by molar-refractivity contribution is 5.80. The van der Waals surface area contributed by atoms with E-state index in [-0.39, 0.29) is 30.5 Å². The molecule has 3 rings (SSSR count). The highest BCUT2D eigenvalue weighted by Crippen LogP contribution is 2.50. The summed E-state index contributed by atoms with van der Waals surface area (Å²) in [4.78, 5) is 16.3. The van der Waals surface area contributed by atoms with E-state index < -0.39 is 5.67 Å². The number of likely N-dealkylation sites (tertiary alicyclic amines) is 1. The van der Waals surface area contributed by atoms with Gasteiger partial charge < -0.3 is 4.90 Å². The van der Waals surface area contributed by atoms with Gasteiger partial charge in [0.15, 0.2) is 0 Å². The van der Waals surface area contributed by atoms with Crippen molar-refractivity contribution in [2.24, 2.45) is 5.92 Å². The average molecular weight is 350 g/mol. The minimum Gasteiger partial charge on any atom is -0.343 e. The van der Waals surface area contributed by atoms with Gasteiger partial charge in [0.25, 0.3) is 0 Å². The van der Waals surface area contributed by atoms with Crippen LogP contribution in [0.3, 0.4) is 0 Å². The first-order chi connectivity index (χ1) is 12.0. The maximum absolute atomic E-state index is 15.1. The molecule has 1 heterocycles. The highest BCUT2D eigenvalue weighted by Gasteiger charge is 2.50. The van der Waals surface area contributed by atoms with E-state index in [0.29, 0.717) is 30.8 Å². The molecule has 3 nitrogen and oxygen atoms in total. The zero-order valence-corrected chi connectivity index (χ0v) is 15.2. The van der Waals surface area contributed by atoms with Gasteiger partial charge in [-0.15, -0.1) is 0 Å². The topological polar surface area (TPSA) is 23.6 Å². The summed E-state index contributed by atoms with van der Waals surface area (Å²) in [6.07, 6.45) is 2.64. The number of hydrogen-bond acceptors (Lipinski definition) is 2. The largest absolute Gasteiger partial charge is 0.343 e. The van der Waals surface area contributed by atoms with Crippen LogP contribution < -0.4 is 0 Å². The van der Waals surface area contributed by atoms with E-state index in [2.05, 4.69) is 4.90 Å². The Morgan fingerprint density at radius 1 is 1.24 bits per heavy atom. The van der Waals surface area contributed by atoms with Crippen molar-refractivity contribution in [2.75, 3.05) is 26.2 Å². The molecule has 138 valence electrons. The maximum Gasteiger partial charge on any atom is 0.225 e. The molecule has 0 spiro atoms. The third-order valence-electron chi connectivity index (χ3n) is 5.73. The Bertz CT molecular complexity index is 618. The van der Waals surface area contributed by atoms with Gasteiger partial charge in [0.2, 0.25) is 5.91 Å². The van der Waals surface area contributed by atoms with Gasteiger partial charge in [0, 0.05) is 31.1 Å². The third kappa shape index (κ3) is 3.71. The van der Waals surface area contributed by atoms with E-state index in [9.17, 15) is 9.18 Å². The lowest BCUT2D eigenvalue weighted by molar-refractivity contribution is -0.145. The third-order valence-corrected chi connectivity index (χ3v) is 5.73. The average Bonchev–Trinajstić information content (AvgIpc) is 3.07. The minimum atomic E-state index is -1.57. The lowest BCUT2D eigenvalue weighted by atomic mass is 9.68. The summed E-state index contributed by atoms with van der Waals surface area (Å²) in [5.74, 6) is -0.596. The van der Waals surface area contributed by atoms with Crippen molar-refractivity contribution in [3.05, 3.63) is 35.1 Å². The summed E-state index contributed by atoms with van der Waals surface area (Å²) >= 11 is 0. The number of amides is 1. The number of alkyl halides is 1. The highest BCUT2D eigenvalue weighted by atomic mass is 19.1. The Morgan fingerprint density at radius 2 is 1.88 bits per heavy atom. The monoisotopic (exact) mass is 350 g/mol. The van der Waals surface area contributed by atoms with Crippen LogP contribution in [-0.2, 0) is 17.0 Å². The normalized spacial score (nSPS) is 26.5. The number of carbonyl (C=O) groups is 1. The fourth-order valence-corrected chi connectivity index (χ4v) is 4.06. The van der Waals surface area contributed by atoms with Gasteiger partial charge >= 0.3 is 0 Å². The van der Waals surface area contributed by atoms with Crippen LogP contribution in [0.25, 0.3) is 0 Å². The molecule has 1 saturated heterocycles. The van der Waals surface area contributed by atoms with Crippen LogP contribution in [0.2, 0.25) is 0 Å². The number of hydrogen-bond donors (Lipinski definition) is 0. The van der Waals surface area contributed by atoms with E-state index in [0.717, 1.165) is 25.9 Å². The van der Waals surface area contributed by atoms with Gasteiger partial charge in [-0.25, -0.2) is 8.78 Å². The Balaban J connectivity index is 1.64. The molecule has 1 aromatic rings. The van der Waals surface area contributed by atoms with E-state index in [1.54, 1.807) is 17.0 Å². The van der Waals surface area contributed by atoms with Gasteiger partial charge in [0.1, 0.15) is 11.5 Å². The predicted octanol–water partition coefficient (Wildman–Crippen LogP) is 3.86. The number of benzene rings is 1. The summed E-state index contributed by atoms with van der Waals surface area (Å²) in [7, 11) is 0. The summed E-state index contributed by atoms with van der Waals surface area (Å²) in [6, 6.07) is 4.75. The Morgan fingerprint density at radius 3 is 2.44 bits per heavy atom. The van der Waals surface area contributed by atoms with Crippen molar-refractivity contribution in [1.82, 2.24) is 9.80 Å². The molecule has 1 amide bonds. The summed E-state index contributed by atoms with van der Waals surface area (Å²) in [5.41, 5.74) is -0.566. The second-order valence-corrected chi connectivity index (χ2v) is 7.37. The van der Waals surface area contributed by atoms with Gasteiger partial charge in [-0.3, -0.25) is 9.69 Å². The van der Waals surface area contributed by atoms with Crippen LogP contribution in [0, 0.1) is 11.7 Å². The molecule has 0 radical (unpaired) electrons. The van der Waals surface area contributed by atoms with E-state index in [1.807, 2.05) is 13.8 Å². The molecular weight excluding hydrogens is 322 g/mol. The molecule has 0 unspecified atom stereocenters. The van der Waals surface area contributed by atoms with Gasteiger partial charge in [-0.2, -0.15) is 0 Å². The van der Waals surface area contributed by atoms with Gasteiger partial charge in [0.05, 0.1) is 0 Å². The first-order valence-corrected chi connectivity index (χ1v) is 9.45. The van der Waals surface area contributed by atoms with Crippen molar-refractivity contribution in [3.8, 4) is 0 Å². The second-order valence-electron chi connectivity index (χ2n) is 7.37. The van der Waals surface area contributed by atoms with Crippen molar-refractivity contribution in [3.63, 3.8) is 0 Å². The fraction of sp³-hybridized carbons (Fsp3) is 0.650. The summed E-state index contributed by atoms with van der Waals surface area (Å²) in [5, 5.41) is 0. The molecule has 0 bridgehead atoms. The van der Waals surface area contributed by atoms with Gasteiger partial charge in [-0.1, -0.05) is 12.1 Å². The first kappa shape index (κ1) is 18.3. The molecule has 25 heavy (non-hydrogen) atoms. The Hall–Kier alpha value is -1.49.